The summed E-state index contributed by atoms with van der Waals surface area (Å²) < 4.78 is 0. The van der Waals surface area contributed by atoms with E-state index in [1.807, 2.05) is 13.8 Å². The summed E-state index contributed by atoms with van der Waals surface area (Å²) in [6, 6.07) is 0. The zero-order valence-electron chi connectivity index (χ0n) is 6.92. The molecule has 0 heterocycles. The molecule has 0 aromatic rings. The summed E-state index contributed by atoms with van der Waals surface area (Å²) in [5.74, 6) is -1.59. The summed E-state index contributed by atoms with van der Waals surface area (Å²) in [7, 11) is 0. The van der Waals surface area contributed by atoms with Crippen LogP contribution in [0.15, 0.2) is 0 Å². The molecule has 1 aliphatic carbocycles. The number of ketones is 1. The maximum atomic E-state index is 10.9. The number of carbonyl (C=O) groups is 2. The predicted octanol–water partition coefficient (Wildman–Crippen LogP) is 0.932. The van der Waals surface area contributed by atoms with Crippen molar-refractivity contribution >= 4 is 11.8 Å². The van der Waals surface area contributed by atoms with E-state index in [1.54, 1.807) is 0 Å². The lowest BCUT2D eigenvalue weighted by Crippen LogP contribution is -2.04. The maximum absolute atomic E-state index is 10.9. The zero-order chi connectivity index (χ0) is 8.81. The lowest BCUT2D eigenvalue weighted by atomic mass is 10.1. The van der Waals surface area contributed by atoms with Crippen LogP contribution in [0, 0.1) is 17.3 Å². The van der Waals surface area contributed by atoms with Crippen molar-refractivity contribution in [1.82, 2.24) is 0 Å². The molecule has 1 saturated carbocycles. The van der Waals surface area contributed by atoms with Gasteiger partial charge in [-0.05, 0) is 12.3 Å². The molecule has 1 aliphatic rings. The van der Waals surface area contributed by atoms with Crippen LogP contribution >= 0.6 is 0 Å². The third kappa shape index (κ3) is 1.04. The minimum Gasteiger partial charge on any atom is -0.481 e. The molecule has 0 aromatic heterocycles. The number of carbonyl (C=O) groups excluding carboxylic acids is 1. The first-order valence-electron chi connectivity index (χ1n) is 3.62. The predicted molar refractivity (Wildman–Crippen MR) is 39.1 cm³/mol. The number of aliphatic carboxylic acids is 1. The lowest BCUT2D eigenvalue weighted by molar-refractivity contribution is -0.140. The molecule has 1 fully saturated rings. The molecule has 0 aromatic carbocycles. The van der Waals surface area contributed by atoms with Crippen LogP contribution in [0.1, 0.15) is 20.8 Å². The quantitative estimate of drug-likeness (QED) is 0.647. The summed E-state index contributed by atoms with van der Waals surface area (Å²) in [4.78, 5) is 21.4. The van der Waals surface area contributed by atoms with Gasteiger partial charge >= 0.3 is 5.97 Å². The van der Waals surface area contributed by atoms with E-state index in [0.717, 1.165) is 0 Å². The molecular weight excluding hydrogens is 144 g/mol. The van der Waals surface area contributed by atoms with Gasteiger partial charge in [-0.3, -0.25) is 9.59 Å². The van der Waals surface area contributed by atoms with E-state index in [1.165, 1.54) is 6.92 Å². The van der Waals surface area contributed by atoms with E-state index in [2.05, 4.69) is 0 Å². The topological polar surface area (TPSA) is 54.4 Å². The Morgan fingerprint density at radius 1 is 1.27 bits per heavy atom. The van der Waals surface area contributed by atoms with Gasteiger partial charge in [0.1, 0.15) is 5.78 Å². The monoisotopic (exact) mass is 156 g/mol. The van der Waals surface area contributed by atoms with E-state index < -0.39 is 11.9 Å². The maximum Gasteiger partial charge on any atom is 0.307 e. The summed E-state index contributed by atoms with van der Waals surface area (Å²) in [6.07, 6.45) is 0. The SMILES string of the molecule is CC(=O)[C@H]1[C@@H](C(=O)O)C1(C)C. The number of hydrogen-bond acceptors (Lipinski definition) is 2. The van der Waals surface area contributed by atoms with Crippen molar-refractivity contribution in [3.8, 4) is 0 Å². The molecule has 0 spiro atoms. The first kappa shape index (κ1) is 8.24. The van der Waals surface area contributed by atoms with Gasteiger partial charge in [-0.15, -0.1) is 0 Å². The van der Waals surface area contributed by atoms with Gasteiger partial charge < -0.3 is 5.11 Å². The average Bonchev–Trinajstić information content (AvgIpc) is 2.33. The second kappa shape index (κ2) is 2.06. The van der Waals surface area contributed by atoms with Gasteiger partial charge in [-0.2, -0.15) is 0 Å². The fraction of sp³-hybridized carbons (Fsp3) is 0.750. The Hall–Kier alpha value is -0.860. The Morgan fingerprint density at radius 3 is 1.82 bits per heavy atom. The van der Waals surface area contributed by atoms with Crippen LogP contribution < -0.4 is 0 Å². The highest BCUT2D eigenvalue weighted by Crippen LogP contribution is 2.58. The normalized spacial score (nSPS) is 33.0. The van der Waals surface area contributed by atoms with Crippen molar-refractivity contribution in [2.75, 3.05) is 0 Å². The molecule has 0 aliphatic heterocycles. The highest BCUT2D eigenvalue weighted by Gasteiger charge is 2.64. The van der Waals surface area contributed by atoms with Crippen LogP contribution in [-0.4, -0.2) is 16.9 Å². The smallest absolute Gasteiger partial charge is 0.307 e. The van der Waals surface area contributed by atoms with Gasteiger partial charge in [-0.1, -0.05) is 13.8 Å². The molecule has 0 unspecified atom stereocenters. The van der Waals surface area contributed by atoms with Crippen molar-refractivity contribution in [3.63, 3.8) is 0 Å². The second-order valence-corrected chi connectivity index (χ2v) is 3.73. The fourth-order valence-electron chi connectivity index (χ4n) is 1.86. The van der Waals surface area contributed by atoms with E-state index >= 15 is 0 Å². The molecule has 2 atom stereocenters. The third-order valence-corrected chi connectivity index (χ3v) is 2.53. The second-order valence-electron chi connectivity index (χ2n) is 3.73. The number of rotatable bonds is 2. The van der Waals surface area contributed by atoms with Gasteiger partial charge in [0.25, 0.3) is 0 Å². The van der Waals surface area contributed by atoms with Crippen LogP contribution in [0.25, 0.3) is 0 Å². The van der Waals surface area contributed by atoms with E-state index in [0.29, 0.717) is 0 Å². The molecule has 0 amide bonds. The largest absolute Gasteiger partial charge is 0.481 e. The number of Topliss-reactive ketones (excluding diaryl/α,β-unsaturated/α-hetero) is 1. The average molecular weight is 156 g/mol. The van der Waals surface area contributed by atoms with E-state index in [4.69, 9.17) is 5.11 Å². The minimum atomic E-state index is -0.852. The minimum absolute atomic E-state index is 0.0117. The lowest BCUT2D eigenvalue weighted by Gasteiger charge is -1.96. The van der Waals surface area contributed by atoms with Crippen LogP contribution in [0.4, 0.5) is 0 Å². The molecule has 1 N–H and O–H groups in total. The fourth-order valence-corrected chi connectivity index (χ4v) is 1.86. The van der Waals surface area contributed by atoms with Gasteiger partial charge in [0.2, 0.25) is 0 Å². The molecule has 62 valence electrons. The Kier molecular flexibility index (Phi) is 1.54. The van der Waals surface area contributed by atoms with Crippen molar-refractivity contribution in [2.24, 2.45) is 17.3 Å². The third-order valence-electron chi connectivity index (χ3n) is 2.53. The Morgan fingerprint density at radius 2 is 1.73 bits per heavy atom. The molecule has 0 bridgehead atoms. The van der Waals surface area contributed by atoms with E-state index in [-0.39, 0.29) is 17.1 Å². The van der Waals surface area contributed by atoms with Crippen molar-refractivity contribution in [3.05, 3.63) is 0 Å². The highest BCUT2D eigenvalue weighted by atomic mass is 16.4. The molecule has 3 nitrogen and oxygen atoms in total. The number of carboxylic acid groups (broad SMARTS) is 1. The summed E-state index contributed by atoms with van der Waals surface area (Å²) in [5, 5.41) is 8.66. The summed E-state index contributed by atoms with van der Waals surface area (Å²) in [5.41, 5.74) is -0.322. The van der Waals surface area contributed by atoms with Crippen LogP contribution in [-0.2, 0) is 9.59 Å². The molecule has 0 radical (unpaired) electrons. The summed E-state index contributed by atoms with van der Waals surface area (Å²) in [6.45, 7) is 5.09. The standard InChI is InChI=1S/C8H12O3/c1-4(9)5-6(7(10)11)8(5,2)3/h5-6H,1-3H3,(H,10,11)/t5-,6-/m0/s1. The van der Waals surface area contributed by atoms with Gasteiger partial charge in [-0.25, -0.2) is 0 Å². The van der Waals surface area contributed by atoms with Crippen molar-refractivity contribution < 1.29 is 14.7 Å². The number of carboxylic acids is 1. The molecule has 11 heavy (non-hydrogen) atoms. The first-order valence-corrected chi connectivity index (χ1v) is 3.62. The van der Waals surface area contributed by atoms with Crippen LogP contribution in [0.3, 0.4) is 0 Å². The van der Waals surface area contributed by atoms with Gasteiger partial charge in [0.15, 0.2) is 0 Å². The van der Waals surface area contributed by atoms with Gasteiger partial charge in [0.05, 0.1) is 5.92 Å². The van der Waals surface area contributed by atoms with Crippen molar-refractivity contribution in [1.29, 1.82) is 0 Å². The van der Waals surface area contributed by atoms with Crippen molar-refractivity contribution in [2.45, 2.75) is 20.8 Å². The Balaban J connectivity index is 2.76. The Labute approximate surface area is 65.4 Å². The summed E-state index contributed by atoms with van der Waals surface area (Å²) >= 11 is 0. The van der Waals surface area contributed by atoms with Crippen LogP contribution in [0.5, 0.6) is 0 Å². The molecule has 3 heteroatoms. The molecular formula is C8H12O3. The molecule has 0 saturated heterocycles. The number of hydrogen-bond donors (Lipinski definition) is 1. The highest BCUT2D eigenvalue weighted by molar-refractivity contribution is 5.91. The Bertz CT molecular complexity index is 195. The van der Waals surface area contributed by atoms with Crippen LogP contribution in [0.2, 0.25) is 0 Å². The van der Waals surface area contributed by atoms with Gasteiger partial charge in [0, 0.05) is 5.92 Å². The molecule has 1 rings (SSSR count). The van der Waals surface area contributed by atoms with E-state index in [9.17, 15) is 9.59 Å². The zero-order valence-corrected chi connectivity index (χ0v) is 6.92. The first-order chi connectivity index (χ1) is 4.89.